The van der Waals surface area contributed by atoms with Crippen molar-refractivity contribution < 1.29 is 23.8 Å². The lowest BCUT2D eigenvalue weighted by molar-refractivity contribution is -0.136. The highest BCUT2D eigenvalue weighted by molar-refractivity contribution is 6.32. The summed E-state index contributed by atoms with van der Waals surface area (Å²) >= 11 is 6.16. The van der Waals surface area contributed by atoms with Crippen LogP contribution < -0.4 is 10.1 Å². The largest absolute Gasteiger partial charge is 0.481 e. The van der Waals surface area contributed by atoms with Gasteiger partial charge in [0.1, 0.15) is 17.3 Å². The number of carbonyl (C=O) groups excluding carboxylic acids is 1. The molecule has 4 aromatic rings. The Morgan fingerprint density at radius 1 is 1.16 bits per heavy atom. The number of halogens is 2. The lowest BCUT2D eigenvalue weighted by Gasteiger charge is -2.09. The second kappa shape index (κ2) is 8.68. The van der Waals surface area contributed by atoms with Crippen LogP contribution in [0.2, 0.25) is 5.02 Å². The fraction of sp³-hybridized carbons (Fsp3) is 0.0870. The summed E-state index contributed by atoms with van der Waals surface area (Å²) in [6, 6.07) is 13.8. The Kier molecular flexibility index (Phi) is 5.79. The van der Waals surface area contributed by atoms with Crippen molar-refractivity contribution >= 4 is 40.1 Å². The first-order valence-corrected chi connectivity index (χ1v) is 9.88. The van der Waals surface area contributed by atoms with Gasteiger partial charge in [0.2, 0.25) is 5.88 Å². The van der Waals surface area contributed by atoms with Gasteiger partial charge in [-0.15, -0.1) is 0 Å². The normalized spacial score (nSPS) is 10.8. The standard InChI is InChI=1S/C23H17ClFN3O4/c1-28-18-5-3-15(25)10-14(18)11-19(28)23(31)27-16-4-7-21(26-12-16)32-20-6-2-13(8-17(20)24)9-22(29)30/h2-8,10-12H,9H2,1H3,(H,27,31)(H,29,30). The van der Waals surface area contributed by atoms with Crippen molar-refractivity contribution in [2.45, 2.75) is 6.42 Å². The highest BCUT2D eigenvalue weighted by atomic mass is 35.5. The third-order valence-corrected chi connectivity index (χ3v) is 5.09. The Morgan fingerprint density at radius 2 is 1.97 bits per heavy atom. The second-order valence-corrected chi connectivity index (χ2v) is 7.48. The van der Waals surface area contributed by atoms with E-state index >= 15 is 0 Å². The van der Waals surface area contributed by atoms with Crippen LogP contribution in [0, 0.1) is 5.82 Å². The number of nitrogens with one attached hydrogen (secondary N) is 1. The summed E-state index contributed by atoms with van der Waals surface area (Å²) < 4.78 is 20.8. The Bertz CT molecular complexity index is 1340. The van der Waals surface area contributed by atoms with Crippen LogP contribution in [-0.4, -0.2) is 26.5 Å². The molecule has 0 fully saturated rings. The molecular weight excluding hydrogens is 437 g/mol. The molecule has 2 N–H and O–H groups in total. The number of pyridine rings is 1. The SMILES string of the molecule is Cn1c(C(=O)Nc2ccc(Oc3ccc(CC(=O)O)cc3Cl)nc2)cc2cc(F)ccc21. The van der Waals surface area contributed by atoms with Gasteiger partial charge >= 0.3 is 5.97 Å². The molecule has 2 aromatic heterocycles. The van der Waals surface area contributed by atoms with Crippen LogP contribution >= 0.6 is 11.6 Å². The molecule has 0 radical (unpaired) electrons. The van der Waals surface area contributed by atoms with E-state index in [0.717, 1.165) is 5.52 Å². The molecule has 7 nitrogen and oxygen atoms in total. The summed E-state index contributed by atoms with van der Waals surface area (Å²) in [5.74, 6) is -1.11. The monoisotopic (exact) mass is 453 g/mol. The highest BCUT2D eigenvalue weighted by Gasteiger charge is 2.14. The molecule has 0 aliphatic heterocycles. The van der Waals surface area contributed by atoms with E-state index in [9.17, 15) is 14.0 Å². The predicted octanol–water partition coefficient (Wildman–Crippen LogP) is 5.04. The summed E-state index contributed by atoms with van der Waals surface area (Å²) in [6.45, 7) is 0. The zero-order valence-corrected chi connectivity index (χ0v) is 17.6. The maximum absolute atomic E-state index is 13.5. The van der Waals surface area contributed by atoms with Crippen molar-refractivity contribution in [1.29, 1.82) is 0 Å². The van der Waals surface area contributed by atoms with Gasteiger partial charge in [0.15, 0.2) is 0 Å². The first-order valence-electron chi connectivity index (χ1n) is 9.50. The quantitative estimate of drug-likeness (QED) is 0.426. The first-order chi connectivity index (χ1) is 15.3. The summed E-state index contributed by atoms with van der Waals surface area (Å²) in [6.07, 6.45) is 1.29. The number of hydrogen-bond donors (Lipinski definition) is 2. The zero-order valence-electron chi connectivity index (χ0n) is 16.8. The van der Waals surface area contributed by atoms with Gasteiger partial charge in [0.05, 0.1) is 23.3 Å². The number of hydrogen-bond acceptors (Lipinski definition) is 4. The van der Waals surface area contributed by atoms with Gasteiger partial charge in [-0.2, -0.15) is 0 Å². The number of rotatable bonds is 6. The van der Waals surface area contributed by atoms with Crippen molar-refractivity contribution in [2.24, 2.45) is 7.05 Å². The zero-order chi connectivity index (χ0) is 22.8. The molecule has 0 aliphatic carbocycles. The van der Waals surface area contributed by atoms with E-state index in [4.69, 9.17) is 21.4 Å². The number of nitrogens with zero attached hydrogens (tertiary/aromatic N) is 2. The smallest absolute Gasteiger partial charge is 0.307 e. The molecule has 4 rings (SSSR count). The van der Waals surface area contributed by atoms with E-state index in [1.54, 1.807) is 48.0 Å². The first kappa shape index (κ1) is 21.3. The lowest BCUT2D eigenvalue weighted by atomic mass is 10.1. The number of aryl methyl sites for hydroxylation is 1. The molecule has 0 saturated heterocycles. The molecule has 0 aliphatic rings. The van der Waals surface area contributed by atoms with E-state index < -0.39 is 5.97 Å². The molecular formula is C23H17ClFN3O4. The molecule has 2 heterocycles. The molecule has 0 bridgehead atoms. The van der Waals surface area contributed by atoms with Crippen LogP contribution in [0.4, 0.5) is 10.1 Å². The summed E-state index contributed by atoms with van der Waals surface area (Å²) in [5.41, 5.74) is 2.11. The van der Waals surface area contributed by atoms with Crippen LogP contribution in [0.15, 0.2) is 60.8 Å². The third kappa shape index (κ3) is 4.55. The number of anilines is 1. The molecule has 1 amide bonds. The third-order valence-electron chi connectivity index (χ3n) is 4.80. The van der Waals surface area contributed by atoms with E-state index in [1.807, 2.05) is 0 Å². The molecule has 9 heteroatoms. The number of carboxylic acids is 1. The summed E-state index contributed by atoms with van der Waals surface area (Å²) in [5, 5.41) is 12.5. The molecule has 0 spiro atoms. The van der Waals surface area contributed by atoms with Gasteiger partial charge in [-0.3, -0.25) is 9.59 Å². The number of aromatic nitrogens is 2. The fourth-order valence-electron chi connectivity index (χ4n) is 3.27. The van der Waals surface area contributed by atoms with Gasteiger partial charge in [0.25, 0.3) is 5.91 Å². The molecule has 0 unspecified atom stereocenters. The average molecular weight is 454 g/mol. The van der Waals surface area contributed by atoms with Gasteiger partial charge in [-0.25, -0.2) is 9.37 Å². The van der Waals surface area contributed by atoms with Crippen LogP contribution in [0.1, 0.15) is 16.1 Å². The van der Waals surface area contributed by atoms with Crippen molar-refractivity contribution in [3.8, 4) is 11.6 Å². The number of fused-ring (bicyclic) bond motifs is 1. The Hall–Kier alpha value is -3.91. The maximum atomic E-state index is 13.5. The van der Waals surface area contributed by atoms with Crippen molar-refractivity contribution in [2.75, 3.05) is 5.32 Å². The molecule has 0 atom stereocenters. The number of carboxylic acid groups (broad SMARTS) is 1. The van der Waals surface area contributed by atoms with E-state index in [1.165, 1.54) is 24.4 Å². The number of aliphatic carboxylic acids is 1. The van der Waals surface area contributed by atoms with Gasteiger partial charge in [-0.1, -0.05) is 17.7 Å². The van der Waals surface area contributed by atoms with Crippen molar-refractivity contribution in [3.63, 3.8) is 0 Å². The molecule has 32 heavy (non-hydrogen) atoms. The second-order valence-electron chi connectivity index (χ2n) is 7.07. The summed E-state index contributed by atoms with van der Waals surface area (Å²) in [4.78, 5) is 27.6. The minimum atomic E-state index is -0.954. The van der Waals surface area contributed by atoms with Crippen LogP contribution in [0.5, 0.6) is 11.6 Å². The average Bonchev–Trinajstić information content (AvgIpc) is 3.06. The maximum Gasteiger partial charge on any atom is 0.307 e. The number of amides is 1. The Balaban J connectivity index is 1.46. The van der Waals surface area contributed by atoms with Gasteiger partial charge in [-0.05, 0) is 48.0 Å². The minimum absolute atomic E-state index is 0.141. The fourth-order valence-corrected chi connectivity index (χ4v) is 3.51. The van der Waals surface area contributed by atoms with Crippen LogP contribution in [0.25, 0.3) is 10.9 Å². The van der Waals surface area contributed by atoms with Gasteiger partial charge < -0.3 is 19.7 Å². The molecule has 0 saturated carbocycles. The van der Waals surface area contributed by atoms with Crippen LogP contribution in [-0.2, 0) is 18.3 Å². The number of benzene rings is 2. The van der Waals surface area contributed by atoms with Crippen LogP contribution in [0.3, 0.4) is 0 Å². The topological polar surface area (TPSA) is 93.5 Å². The lowest BCUT2D eigenvalue weighted by Crippen LogP contribution is -2.15. The molecule has 162 valence electrons. The van der Waals surface area contributed by atoms with Crippen molar-refractivity contribution in [3.05, 3.63) is 82.9 Å². The van der Waals surface area contributed by atoms with E-state index in [0.29, 0.717) is 28.1 Å². The Morgan fingerprint density at radius 3 is 2.66 bits per heavy atom. The van der Waals surface area contributed by atoms with E-state index in [2.05, 4.69) is 10.3 Å². The number of ether oxygens (including phenoxy) is 1. The number of carbonyl (C=O) groups is 2. The van der Waals surface area contributed by atoms with Crippen molar-refractivity contribution in [1.82, 2.24) is 9.55 Å². The Labute approximate surface area is 187 Å². The summed E-state index contributed by atoms with van der Waals surface area (Å²) in [7, 11) is 1.73. The highest BCUT2D eigenvalue weighted by Crippen LogP contribution is 2.30. The van der Waals surface area contributed by atoms with E-state index in [-0.39, 0.29) is 29.0 Å². The minimum Gasteiger partial charge on any atom is -0.481 e. The predicted molar refractivity (Wildman–Crippen MR) is 118 cm³/mol. The van der Waals surface area contributed by atoms with Gasteiger partial charge in [0, 0.05) is 24.0 Å². The molecule has 2 aromatic carbocycles.